The highest BCUT2D eigenvalue weighted by Gasteiger charge is 2.16. The highest BCUT2D eigenvalue weighted by Crippen LogP contribution is 2.22. The molecule has 0 aliphatic heterocycles. The van der Waals surface area contributed by atoms with Gasteiger partial charge >= 0.3 is 5.97 Å². The molecule has 0 atom stereocenters. The van der Waals surface area contributed by atoms with E-state index in [0.717, 1.165) is 17.3 Å². The number of benzene rings is 1. The molecule has 0 saturated heterocycles. The smallest absolute Gasteiger partial charge is 0.340 e. The first-order chi connectivity index (χ1) is 11.7. The van der Waals surface area contributed by atoms with Crippen LogP contribution >= 0.6 is 11.3 Å². The predicted molar refractivity (Wildman–Crippen MR) is 94.3 cm³/mol. The van der Waals surface area contributed by atoms with E-state index in [1.807, 2.05) is 35.7 Å². The number of amides is 1. The fourth-order valence-corrected chi connectivity index (χ4v) is 3.35. The van der Waals surface area contributed by atoms with Crippen LogP contribution in [0.15, 0.2) is 48.0 Å². The largest absolute Gasteiger partial charge is 0.465 e. The standard InChI is InChI=1S/C18H18N2O3S/c1-23-18(22)15-11-20(16-7-3-2-6-14(15)16)12-17(21)19-9-8-13-5-4-10-24-13/h2-7,10-11H,8-9,12H2,1H3,(H,19,21). The molecule has 3 aromatic rings. The molecule has 2 heterocycles. The number of carbonyl (C=O) groups excluding carboxylic acids is 2. The molecule has 0 spiro atoms. The van der Waals surface area contributed by atoms with Gasteiger partial charge in [-0.25, -0.2) is 4.79 Å². The number of aromatic nitrogens is 1. The van der Waals surface area contributed by atoms with Crippen molar-refractivity contribution in [1.82, 2.24) is 9.88 Å². The lowest BCUT2D eigenvalue weighted by molar-refractivity contribution is -0.121. The molecule has 3 rings (SSSR count). The Hall–Kier alpha value is -2.60. The van der Waals surface area contributed by atoms with E-state index >= 15 is 0 Å². The molecule has 0 radical (unpaired) electrons. The van der Waals surface area contributed by atoms with Crippen LogP contribution in [0, 0.1) is 0 Å². The zero-order chi connectivity index (χ0) is 16.9. The van der Waals surface area contributed by atoms with Crippen LogP contribution in [0.5, 0.6) is 0 Å². The van der Waals surface area contributed by atoms with Crippen molar-refractivity contribution in [1.29, 1.82) is 0 Å². The Balaban J connectivity index is 1.70. The Morgan fingerprint density at radius 1 is 1.21 bits per heavy atom. The molecular formula is C18H18N2O3S. The number of hydrogen-bond acceptors (Lipinski definition) is 4. The highest BCUT2D eigenvalue weighted by molar-refractivity contribution is 7.09. The first-order valence-corrected chi connectivity index (χ1v) is 8.52. The molecule has 1 N–H and O–H groups in total. The number of carbonyl (C=O) groups is 2. The predicted octanol–water partition coefficient (Wildman–Crippen LogP) is 2.85. The Labute approximate surface area is 143 Å². The van der Waals surface area contributed by atoms with E-state index in [1.54, 1.807) is 22.1 Å². The number of thiophene rings is 1. The molecule has 5 nitrogen and oxygen atoms in total. The van der Waals surface area contributed by atoms with E-state index in [9.17, 15) is 9.59 Å². The lowest BCUT2D eigenvalue weighted by Gasteiger charge is -2.06. The summed E-state index contributed by atoms with van der Waals surface area (Å²) in [5.74, 6) is -0.480. The van der Waals surface area contributed by atoms with Gasteiger partial charge in [0.1, 0.15) is 6.54 Å². The first-order valence-electron chi connectivity index (χ1n) is 7.64. The summed E-state index contributed by atoms with van der Waals surface area (Å²) >= 11 is 1.68. The lowest BCUT2D eigenvalue weighted by atomic mass is 10.2. The van der Waals surface area contributed by atoms with Gasteiger partial charge in [0, 0.05) is 28.5 Å². The summed E-state index contributed by atoms with van der Waals surface area (Å²) in [5, 5.41) is 5.73. The van der Waals surface area contributed by atoms with E-state index < -0.39 is 5.97 Å². The summed E-state index contributed by atoms with van der Waals surface area (Å²) in [4.78, 5) is 25.3. The number of fused-ring (bicyclic) bond motifs is 1. The molecule has 24 heavy (non-hydrogen) atoms. The van der Waals surface area contributed by atoms with Crippen LogP contribution in [0.4, 0.5) is 0 Å². The minimum Gasteiger partial charge on any atom is -0.465 e. The van der Waals surface area contributed by atoms with Crippen LogP contribution in [0.3, 0.4) is 0 Å². The minimum absolute atomic E-state index is 0.0799. The third kappa shape index (κ3) is 3.49. The van der Waals surface area contributed by atoms with Crippen LogP contribution in [0.2, 0.25) is 0 Å². The molecular weight excluding hydrogens is 324 g/mol. The number of para-hydroxylation sites is 1. The normalized spacial score (nSPS) is 10.7. The van der Waals surface area contributed by atoms with Crippen molar-refractivity contribution in [2.75, 3.05) is 13.7 Å². The number of rotatable bonds is 6. The van der Waals surface area contributed by atoms with Crippen molar-refractivity contribution >= 4 is 34.1 Å². The van der Waals surface area contributed by atoms with Gasteiger partial charge in [-0.1, -0.05) is 24.3 Å². The van der Waals surface area contributed by atoms with Crippen molar-refractivity contribution in [2.24, 2.45) is 0 Å². The van der Waals surface area contributed by atoms with Crippen LogP contribution in [0.25, 0.3) is 10.9 Å². The lowest BCUT2D eigenvalue weighted by Crippen LogP contribution is -2.29. The van der Waals surface area contributed by atoms with E-state index in [4.69, 9.17) is 4.74 Å². The number of nitrogens with zero attached hydrogens (tertiary/aromatic N) is 1. The van der Waals surface area contributed by atoms with Crippen molar-refractivity contribution in [3.05, 3.63) is 58.4 Å². The molecule has 0 aliphatic rings. The van der Waals surface area contributed by atoms with Crippen molar-refractivity contribution in [3.63, 3.8) is 0 Å². The summed E-state index contributed by atoms with van der Waals surface area (Å²) in [6.45, 7) is 0.768. The third-order valence-electron chi connectivity index (χ3n) is 3.78. The topological polar surface area (TPSA) is 60.3 Å². The van der Waals surface area contributed by atoms with Crippen molar-refractivity contribution in [2.45, 2.75) is 13.0 Å². The summed E-state index contributed by atoms with van der Waals surface area (Å²) in [5.41, 5.74) is 1.31. The molecule has 6 heteroatoms. The maximum absolute atomic E-state index is 12.2. The zero-order valence-electron chi connectivity index (χ0n) is 13.3. The number of hydrogen-bond donors (Lipinski definition) is 1. The van der Waals surface area contributed by atoms with Gasteiger partial charge < -0.3 is 14.6 Å². The Kier molecular flexibility index (Phi) is 4.96. The minimum atomic E-state index is -0.400. The second kappa shape index (κ2) is 7.31. The van der Waals surface area contributed by atoms with Gasteiger partial charge in [0.15, 0.2) is 0 Å². The van der Waals surface area contributed by atoms with Crippen molar-refractivity contribution in [3.8, 4) is 0 Å². The van der Waals surface area contributed by atoms with E-state index in [0.29, 0.717) is 12.1 Å². The zero-order valence-corrected chi connectivity index (χ0v) is 14.1. The Bertz CT molecular complexity index is 852. The monoisotopic (exact) mass is 342 g/mol. The van der Waals surface area contributed by atoms with E-state index in [-0.39, 0.29) is 12.5 Å². The summed E-state index contributed by atoms with van der Waals surface area (Å²) in [7, 11) is 1.35. The number of esters is 1. The molecule has 0 saturated carbocycles. The molecule has 2 aromatic heterocycles. The van der Waals surface area contributed by atoms with Crippen LogP contribution in [-0.2, 0) is 22.5 Å². The average Bonchev–Trinajstić information content (AvgIpc) is 3.23. The maximum atomic E-state index is 12.2. The summed E-state index contributed by atoms with van der Waals surface area (Å²) in [6.07, 6.45) is 2.50. The van der Waals surface area contributed by atoms with Gasteiger partial charge in [-0.2, -0.15) is 0 Å². The van der Waals surface area contributed by atoms with Crippen LogP contribution in [0.1, 0.15) is 15.2 Å². The SMILES string of the molecule is COC(=O)c1cn(CC(=O)NCCc2cccs2)c2ccccc12. The third-order valence-corrected chi connectivity index (χ3v) is 4.72. The van der Waals surface area contributed by atoms with Gasteiger partial charge in [0.05, 0.1) is 12.7 Å². The number of methoxy groups -OCH3 is 1. The Morgan fingerprint density at radius 3 is 2.79 bits per heavy atom. The van der Waals surface area contributed by atoms with Crippen LogP contribution < -0.4 is 5.32 Å². The molecule has 0 bridgehead atoms. The molecule has 0 fully saturated rings. The second-order valence-electron chi connectivity index (χ2n) is 5.36. The number of ether oxygens (including phenoxy) is 1. The van der Waals surface area contributed by atoms with Gasteiger partial charge in [0.25, 0.3) is 0 Å². The fourth-order valence-electron chi connectivity index (χ4n) is 2.64. The van der Waals surface area contributed by atoms with Gasteiger partial charge in [-0.15, -0.1) is 11.3 Å². The highest BCUT2D eigenvalue weighted by atomic mass is 32.1. The molecule has 1 aromatic carbocycles. The van der Waals surface area contributed by atoms with E-state index in [1.165, 1.54) is 12.0 Å². The van der Waals surface area contributed by atoms with Gasteiger partial charge in [-0.3, -0.25) is 4.79 Å². The maximum Gasteiger partial charge on any atom is 0.340 e. The molecule has 1 amide bonds. The first kappa shape index (κ1) is 16.3. The second-order valence-corrected chi connectivity index (χ2v) is 6.39. The average molecular weight is 342 g/mol. The fraction of sp³-hybridized carbons (Fsp3) is 0.222. The molecule has 0 unspecified atom stereocenters. The molecule has 124 valence electrons. The van der Waals surface area contributed by atoms with Gasteiger partial charge in [0.2, 0.25) is 5.91 Å². The van der Waals surface area contributed by atoms with Gasteiger partial charge in [-0.05, 0) is 23.9 Å². The number of nitrogens with one attached hydrogen (secondary N) is 1. The van der Waals surface area contributed by atoms with Crippen molar-refractivity contribution < 1.29 is 14.3 Å². The molecule has 0 aliphatic carbocycles. The summed E-state index contributed by atoms with van der Waals surface area (Å²) < 4.78 is 6.60. The van der Waals surface area contributed by atoms with Crippen LogP contribution in [-0.4, -0.2) is 30.1 Å². The quantitative estimate of drug-likeness (QED) is 0.701. The van der Waals surface area contributed by atoms with E-state index in [2.05, 4.69) is 11.4 Å². The Morgan fingerprint density at radius 2 is 2.04 bits per heavy atom. The summed E-state index contributed by atoms with van der Waals surface area (Å²) in [6, 6.07) is 11.5.